The first-order valence-corrected chi connectivity index (χ1v) is 7.37. The van der Waals surface area contributed by atoms with E-state index >= 15 is 0 Å². The number of benzene rings is 1. The van der Waals surface area contributed by atoms with Crippen LogP contribution in [-0.4, -0.2) is 12.4 Å². The van der Waals surface area contributed by atoms with Gasteiger partial charge in [-0.25, -0.2) is 0 Å². The van der Waals surface area contributed by atoms with Gasteiger partial charge in [-0.2, -0.15) is 0 Å². The van der Waals surface area contributed by atoms with Gasteiger partial charge in [-0.15, -0.1) is 0 Å². The molecule has 0 saturated carbocycles. The summed E-state index contributed by atoms with van der Waals surface area (Å²) < 4.78 is 5.52. The molecule has 0 saturated heterocycles. The summed E-state index contributed by atoms with van der Waals surface area (Å²) in [6.45, 7) is 8.94. The van der Waals surface area contributed by atoms with Crippen molar-refractivity contribution in [1.82, 2.24) is 0 Å². The van der Waals surface area contributed by atoms with Crippen LogP contribution in [0.1, 0.15) is 63.5 Å². The van der Waals surface area contributed by atoms with Crippen LogP contribution < -0.4 is 4.74 Å². The van der Waals surface area contributed by atoms with Crippen LogP contribution in [0.5, 0.6) is 5.75 Å². The van der Waals surface area contributed by atoms with Gasteiger partial charge in [-0.05, 0) is 55.9 Å². The van der Waals surface area contributed by atoms with E-state index in [9.17, 15) is 4.79 Å². The fourth-order valence-electron chi connectivity index (χ4n) is 2.45. The highest BCUT2D eigenvalue weighted by atomic mass is 16.5. The molecule has 0 fully saturated rings. The van der Waals surface area contributed by atoms with Gasteiger partial charge in [-0.1, -0.05) is 19.9 Å². The molecule has 0 amide bonds. The Morgan fingerprint density at radius 1 is 1.26 bits per heavy atom. The second kappa shape index (κ2) is 7.98. The second-order valence-electron chi connectivity index (χ2n) is 4.99. The summed E-state index contributed by atoms with van der Waals surface area (Å²) in [5.74, 6) is 1.77. The van der Waals surface area contributed by atoms with E-state index in [2.05, 4.69) is 26.0 Å². The minimum atomic E-state index is 0.363. The molecule has 0 aliphatic heterocycles. The van der Waals surface area contributed by atoms with Crippen LogP contribution in [0.2, 0.25) is 0 Å². The van der Waals surface area contributed by atoms with Gasteiger partial charge in [0.05, 0.1) is 6.61 Å². The lowest BCUT2D eigenvalue weighted by atomic mass is 9.88. The van der Waals surface area contributed by atoms with E-state index < -0.39 is 0 Å². The Labute approximate surface area is 117 Å². The number of Topliss-reactive ketones (excluding diaryl/α,β-unsaturated/α-hetero) is 1. The molecule has 0 N–H and O–H groups in total. The zero-order chi connectivity index (χ0) is 14.3. The van der Waals surface area contributed by atoms with Crippen LogP contribution in [0.3, 0.4) is 0 Å². The lowest BCUT2D eigenvalue weighted by Gasteiger charge is -2.18. The highest BCUT2D eigenvalue weighted by Crippen LogP contribution is 2.30. The van der Waals surface area contributed by atoms with Gasteiger partial charge >= 0.3 is 0 Å². The van der Waals surface area contributed by atoms with E-state index in [0.717, 1.165) is 18.6 Å². The molecule has 1 unspecified atom stereocenters. The number of hydrogen-bond acceptors (Lipinski definition) is 2. The summed E-state index contributed by atoms with van der Waals surface area (Å²) in [6, 6.07) is 6.30. The molecule has 0 radical (unpaired) electrons. The molecule has 0 aromatic heterocycles. The summed E-state index contributed by atoms with van der Waals surface area (Å²) in [7, 11) is 0. The van der Waals surface area contributed by atoms with Crippen LogP contribution in [0, 0.1) is 6.92 Å². The van der Waals surface area contributed by atoms with Crippen LogP contribution in [0.15, 0.2) is 18.2 Å². The summed E-state index contributed by atoms with van der Waals surface area (Å²) in [5, 5.41) is 0. The van der Waals surface area contributed by atoms with Crippen LogP contribution in [-0.2, 0) is 4.79 Å². The van der Waals surface area contributed by atoms with Crippen molar-refractivity contribution in [2.24, 2.45) is 0 Å². The largest absolute Gasteiger partial charge is 0.494 e. The topological polar surface area (TPSA) is 26.3 Å². The standard InChI is InChI=1S/C17H26O2/c1-5-14(8-9-15(18)6-2)17-11-10-16(19-7-3)12-13(17)4/h10-12,14H,5-9H2,1-4H3. The maximum absolute atomic E-state index is 11.5. The average Bonchev–Trinajstić information content (AvgIpc) is 2.41. The molecular weight excluding hydrogens is 236 g/mol. The molecule has 1 aromatic rings. The minimum Gasteiger partial charge on any atom is -0.494 e. The lowest BCUT2D eigenvalue weighted by molar-refractivity contribution is -0.118. The van der Waals surface area contributed by atoms with E-state index in [1.54, 1.807) is 0 Å². The third-order valence-corrected chi connectivity index (χ3v) is 3.65. The van der Waals surface area contributed by atoms with E-state index in [-0.39, 0.29) is 0 Å². The van der Waals surface area contributed by atoms with E-state index in [0.29, 0.717) is 31.1 Å². The maximum atomic E-state index is 11.5. The summed E-state index contributed by atoms with van der Waals surface area (Å²) in [6.07, 6.45) is 3.38. The van der Waals surface area contributed by atoms with Crippen molar-refractivity contribution >= 4 is 5.78 Å². The first-order chi connectivity index (χ1) is 9.12. The van der Waals surface area contributed by atoms with Crippen LogP contribution in [0.4, 0.5) is 0 Å². The van der Waals surface area contributed by atoms with Crippen molar-refractivity contribution in [3.8, 4) is 5.75 Å². The maximum Gasteiger partial charge on any atom is 0.132 e. The lowest BCUT2D eigenvalue weighted by Crippen LogP contribution is -2.04. The third-order valence-electron chi connectivity index (χ3n) is 3.65. The predicted octanol–water partition coefficient (Wildman–Crippen LogP) is 4.65. The Morgan fingerprint density at radius 2 is 2.00 bits per heavy atom. The molecule has 0 aliphatic rings. The number of ether oxygens (including phenoxy) is 1. The molecule has 2 heteroatoms. The molecule has 0 spiro atoms. The molecule has 0 bridgehead atoms. The third kappa shape index (κ3) is 4.70. The quantitative estimate of drug-likeness (QED) is 0.682. The van der Waals surface area contributed by atoms with Gasteiger partial charge in [-0.3, -0.25) is 4.79 Å². The summed E-state index contributed by atoms with van der Waals surface area (Å²) in [4.78, 5) is 11.5. The zero-order valence-corrected chi connectivity index (χ0v) is 12.7. The van der Waals surface area contributed by atoms with Crippen molar-refractivity contribution in [3.05, 3.63) is 29.3 Å². The van der Waals surface area contributed by atoms with Gasteiger partial charge in [0, 0.05) is 12.8 Å². The number of hydrogen-bond donors (Lipinski definition) is 0. The first kappa shape index (κ1) is 15.7. The summed E-state index contributed by atoms with van der Waals surface area (Å²) in [5.41, 5.74) is 2.62. The van der Waals surface area contributed by atoms with Crippen molar-refractivity contribution in [3.63, 3.8) is 0 Å². The number of carbonyl (C=O) groups is 1. The normalized spacial score (nSPS) is 12.2. The number of ketones is 1. The molecular formula is C17H26O2. The summed E-state index contributed by atoms with van der Waals surface area (Å²) >= 11 is 0. The fourth-order valence-corrected chi connectivity index (χ4v) is 2.45. The molecule has 1 atom stereocenters. The SMILES string of the molecule is CCOc1ccc(C(CC)CCC(=O)CC)c(C)c1. The van der Waals surface area contributed by atoms with Crippen molar-refractivity contribution in [1.29, 1.82) is 0 Å². The monoisotopic (exact) mass is 262 g/mol. The Hall–Kier alpha value is -1.31. The highest BCUT2D eigenvalue weighted by molar-refractivity contribution is 5.78. The fraction of sp³-hybridized carbons (Fsp3) is 0.588. The molecule has 1 rings (SSSR count). The number of aryl methyl sites for hydroxylation is 1. The second-order valence-corrected chi connectivity index (χ2v) is 4.99. The number of rotatable bonds is 8. The van der Waals surface area contributed by atoms with Gasteiger partial charge in [0.2, 0.25) is 0 Å². The van der Waals surface area contributed by atoms with Crippen LogP contribution in [0.25, 0.3) is 0 Å². The molecule has 0 aliphatic carbocycles. The van der Waals surface area contributed by atoms with Gasteiger partial charge in [0.1, 0.15) is 11.5 Å². The average molecular weight is 262 g/mol. The first-order valence-electron chi connectivity index (χ1n) is 7.37. The Morgan fingerprint density at radius 3 is 2.53 bits per heavy atom. The zero-order valence-electron chi connectivity index (χ0n) is 12.7. The Balaban J connectivity index is 2.77. The van der Waals surface area contributed by atoms with E-state index in [4.69, 9.17) is 4.74 Å². The number of carbonyl (C=O) groups excluding carboxylic acids is 1. The molecule has 1 aromatic carbocycles. The van der Waals surface area contributed by atoms with Gasteiger partial charge in [0.15, 0.2) is 0 Å². The van der Waals surface area contributed by atoms with Crippen LogP contribution >= 0.6 is 0 Å². The smallest absolute Gasteiger partial charge is 0.132 e. The van der Waals surface area contributed by atoms with Crippen molar-refractivity contribution in [2.75, 3.05) is 6.61 Å². The highest BCUT2D eigenvalue weighted by Gasteiger charge is 2.14. The molecule has 2 nitrogen and oxygen atoms in total. The molecule has 106 valence electrons. The minimum absolute atomic E-state index is 0.363. The Kier molecular flexibility index (Phi) is 6.61. The van der Waals surface area contributed by atoms with Crippen molar-refractivity contribution in [2.45, 2.75) is 59.3 Å². The molecule has 19 heavy (non-hydrogen) atoms. The van der Waals surface area contributed by atoms with Gasteiger partial charge < -0.3 is 4.74 Å². The van der Waals surface area contributed by atoms with Crippen molar-refractivity contribution < 1.29 is 9.53 Å². The Bertz CT molecular complexity index is 410. The van der Waals surface area contributed by atoms with Gasteiger partial charge in [0.25, 0.3) is 0 Å². The predicted molar refractivity (Wildman–Crippen MR) is 79.9 cm³/mol. The molecule has 0 heterocycles. The van der Waals surface area contributed by atoms with E-state index in [1.807, 2.05) is 19.9 Å². The van der Waals surface area contributed by atoms with E-state index in [1.165, 1.54) is 11.1 Å².